The Morgan fingerprint density at radius 3 is 2.68 bits per heavy atom. The molecule has 1 aromatic carbocycles. The van der Waals surface area contributed by atoms with Crippen molar-refractivity contribution >= 4 is 34.6 Å². The fourth-order valence-electron chi connectivity index (χ4n) is 3.02. The molecular weight excluding hydrogens is 384 g/mol. The molecule has 8 nitrogen and oxygen atoms in total. The van der Waals surface area contributed by atoms with Crippen LogP contribution in [0, 0.1) is 0 Å². The predicted molar refractivity (Wildman–Crippen MR) is 104 cm³/mol. The summed E-state index contributed by atoms with van der Waals surface area (Å²) < 4.78 is 10.2. The van der Waals surface area contributed by atoms with E-state index in [1.165, 1.54) is 13.2 Å². The zero-order valence-corrected chi connectivity index (χ0v) is 15.8. The number of ether oxygens (including phenoxy) is 2. The standard InChI is InChI=1S/C19H17ClN4O4/c1-27-18(26)14-10-13(20)16-17(21-14)15(11-3-2-4-12(25)9-11)22-19(23-16)24-5-7-28-8-6-24/h2-4,9-10,25H,5-8H2,1H3. The molecule has 1 aliphatic heterocycles. The molecule has 0 unspecified atom stereocenters. The Labute approximate surface area is 165 Å². The van der Waals surface area contributed by atoms with Gasteiger partial charge in [0, 0.05) is 18.7 Å². The number of aromatic hydroxyl groups is 1. The van der Waals surface area contributed by atoms with Crippen LogP contribution in [0.25, 0.3) is 22.3 Å². The number of methoxy groups -OCH3 is 1. The van der Waals surface area contributed by atoms with E-state index in [1.807, 2.05) is 4.90 Å². The molecule has 0 radical (unpaired) electrons. The molecule has 0 amide bonds. The molecule has 0 spiro atoms. The van der Waals surface area contributed by atoms with Crippen LogP contribution in [0.15, 0.2) is 30.3 Å². The Bertz CT molecular complexity index is 1050. The molecule has 144 valence electrons. The number of benzene rings is 1. The van der Waals surface area contributed by atoms with E-state index in [4.69, 9.17) is 21.1 Å². The van der Waals surface area contributed by atoms with Crippen LogP contribution < -0.4 is 4.90 Å². The number of hydrogen-bond donors (Lipinski definition) is 1. The van der Waals surface area contributed by atoms with E-state index < -0.39 is 5.97 Å². The normalized spacial score (nSPS) is 14.3. The molecule has 9 heteroatoms. The van der Waals surface area contributed by atoms with Gasteiger partial charge in [0.25, 0.3) is 0 Å². The van der Waals surface area contributed by atoms with Gasteiger partial charge in [-0.2, -0.15) is 0 Å². The quantitative estimate of drug-likeness (QED) is 0.670. The molecule has 3 heterocycles. The molecule has 1 fully saturated rings. The molecule has 2 aromatic heterocycles. The van der Waals surface area contributed by atoms with Crippen molar-refractivity contribution in [1.29, 1.82) is 0 Å². The third-order valence-electron chi connectivity index (χ3n) is 4.40. The zero-order valence-electron chi connectivity index (χ0n) is 15.1. The van der Waals surface area contributed by atoms with Gasteiger partial charge < -0.3 is 19.5 Å². The van der Waals surface area contributed by atoms with Crippen LogP contribution >= 0.6 is 11.6 Å². The van der Waals surface area contributed by atoms with Crippen molar-refractivity contribution in [3.63, 3.8) is 0 Å². The maximum Gasteiger partial charge on any atom is 0.356 e. The summed E-state index contributed by atoms with van der Waals surface area (Å²) in [6.45, 7) is 2.46. The summed E-state index contributed by atoms with van der Waals surface area (Å²) in [6, 6.07) is 8.07. The van der Waals surface area contributed by atoms with E-state index in [0.29, 0.717) is 54.5 Å². The molecule has 4 rings (SSSR count). The number of rotatable bonds is 3. The monoisotopic (exact) mass is 400 g/mol. The van der Waals surface area contributed by atoms with Crippen molar-refractivity contribution in [2.24, 2.45) is 0 Å². The van der Waals surface area contributed by atoms with E-state index in [-0.39, 0.29) is 16.5 Å². The van der Waals surface area contributed by atoms with Crippen molar-refractivity contribution in [3.8, 4) is 17.0 Å². The van der Waals surface area contributed by atoms with Crippen LogP contribution in [0.3, 0.4) is 0 Å². The lowest BCUT2D eigenvalue weighted by molar-refractivity contribution is 0.0594. The molecule has 0 atom stereocenters. The summed E-state index contributed by atoms with van der Waals surface area (Å²) >= 11 is 6.43. The number of anilines is 1. The van der Waals surface area contributed by atoms with Crippen LogP contribution in [0.1, 0.15) is 10.5 Å². The number of hydrogen-bond acceptors (Lipinski definition) is 8. The lowest BCUT2D eigenvalue weighted by Crippen LogP contribution is -2.37. The van der Waals surface area contributed by atoms with Crippen molar-refractivity contribution < 1.29 is 19.4 Å². The first-order chi connectivity index (χ1) is 13.6. The van der Waals surface area contributed by atoms with Crippen LogP contribution in [0.4, 0.5) is 5.95 Å². The van der Waals surface area contributed by atoms with Gasteiger partial charge in [0.05, 0.1) is 25.3 Å². The van der Waals surface area contributed by atoms with Crippen molar-refractivity contribution in [1.82, 2.24) is 15.0 Å². The Hall–Kier alpha value is -2.97. The number of nitrogens with zero attached hydrogens (tertiary/aromatic N) is 4. The first-order valence-corrected chi connectivity index (χ1v) is 9.03. The van der Waals surface area contributed by atoms with Crippen LogP contribution in [0.5, 0.6) is 5.75 Å². The van der Waals surface area contributed by atoms with Gasteiger partial charge in [0.2, 0.25) is 5.95 Å². The van der Waals surface area contributed by atoms with Crippen LogP contribution in [0.2, 0.25) is 5.02 Å². The number of esters is 1. The largest absolute Gasteiger partial charge is 0.508 e. The van der Waals surface area contributed by atoms with Gasteiger partial charge in [-0.25, -0.2) is 19.7 Å². The summed E-state index contributed by atoms with van der Waals surface area (Å²) in [5, 5.41) is 10.2. The number of carbonyl (C=O) groups is 1. The van der Waals surface area contributed by atoms with E-state index in [2.05, 4.69) is 15.0 Å². The summed E-state index contributed by atoms with van der Waals surface area (Å²) in [5.41, 5.74) is 1.94. The Balaban J connectivity index is 1.98. The van der Waals surface area contributed by atoms with E-state index in [1.54, 1.807) is 24.3 Å². The number of fused-ring (bicyclic) bond motifs is 1. The molecule has 0 bridgehead atoms. The molecule has 0 aliphatic carbocycles. The fraction of sp³-hybridized carbons (Fsp3) is 0.263. The van der Waals surface area contributed by atoms with Crippen LogP contribution in [-0.2, 0) is 9.47 Å². The van der Waals surface area contributed by atoms with E-state index in [0.717, 1.165) is 0 Å². The minimum atomic E-state index is -0.608. The molecule has 1 aliphatic rings. The van der Waals surface area contributed by atoms with Gasteiger partial charge in [-0.05, 0) is 18.2 Å². The minimum absolute atomic E-state index is 0.0594. The number of aromatic nitrogens is 3. The maximum atomic E-state index is 12.0. The SMILES string of the molecule is COC(=O)c1cc(Cl)c2nc(N3CCOCC3)nc(-c3cccc(O)c3)c2n1. The van der Waals surface area contributed by atoms with Crippen molar-refractivity contribution in [3.05, 3.63) is 41.0 Å². The predicted octanol–water partition coefficient (Wildman–Crippen LogP) is 2.67. The third-order valence-corrected chi connectivity index (χ3v) is 4.69. The van der Waals surface area contributed by atoms with Crippen molar-refractivity contribution in [2.75, 3.05) is 38.3 Å². The highest BCUT2D eigenvalue weighted by molar-refractivity contribution is 6.35. The molecule has 28 heavy (non-hydrogen) atoms. The highest BCUT2D eigenvalue weighted by Crippen LogP contribution is 2.32. The number of phenolic OH excluding ortho intramolecular Hbond substituents is 1. The number of phenols is 1. The van der Waals surface area contributed by atoms with E-state index in [9.17, 15) is 9.90 Å². The second kappa shape index (κ2) is 7.57. The Kier molecular flexibility index (Phi) is 4.97. The summed E-state index contributed by atoms with van der Waals surface area (Å²) in [4.78, 5) is 27.6. The third kappa shape index (κ3) is 3.44. The number of pyridine rings is 1. The average Bonchev–Trinajstić information content (AvgIpc) is 2.73. The smallest absolute Gasteiger partial charge is 0.356 e. The highest BCUT2D eigenvalue weighted by Gasteiger charge is 2.21. The van der Waals surface area contributed by atoms with Gasteiger partial charge >= 0.3 is 5.97 Å². The Morgan fingerprint density at radius 2 is 1.96 bits per heavy atom. The number of carbonyl (C=O) groups excluding carboxylic acids is 1. The summed E-state index contributed by atoms with van der Waals surface area (Å²) in [6.07, 6.45) is 0. The average molecular weight is 401 g/mol. The van der Waals surface area contributed by atoms with Gasteiger partial charge in [0.1, 0.15) is 22.5 Å². The van der Waals surface area contributed by atoms with Gasteiger partial charge in [-0.15, -0.1) is 0 Å². The maximum absolute atomic E-state index is 12.0. The first kappa shape index (κ1) is 18.4. The van der Waals surface area contributed by atoms with Gasteiger partial charge in [0.15, 0.2) is 5.69 Å². The van der Waals surface area contributed by atoms with Crippen LogP contribution in [-0.4, -0.2) is 59.4 Å². The molecular formula is C19H17ClN4O4. The van der Waals surface area contributed by atoms with Gasteiger partial charge in [-0.3, -0.25) is 0 Å². The lowest BCUT2D eigenvalue weighted by Gasteiger charge is -2.27. The summed E-state index contributed by atoms with van der Waals surface area (Å²) in [7, 11) is 1.27. The van der Waals surface area contributed by atoms with Crippen molar-refractivity contribution in [2.45, 2.75) is 0 Å². The Morgan fingerprint density at radius 1 is 1.18 bits per heavy atom. The lowest BCUT2D eigenvalue weighted by atomic mass is 10.1. The van der Waals surface area contributed by atoms with E-state index >= 15 is 0 Å². The number of morpholine rings is 1. The molecule has 1 saturated heterocycles. The zero-order chi connectivity index (χ0) is 19.7. The highest BCUT2D eigenvalue weighted by atomic mass is 35.5. The second-order valence-corrected chi connectivity index (χ2v) is 6.61. The summed E-state index contributed by atoms with van der Waals surface area (Å²) in [5.74, 6) is -0.0287. The number of halogens is 1. The molecule has 1 N–H and O–H groups in total. The first-order valence-electron chi connectivity index (χ1n) is 8.65. The fourth-order valence-corrected chi connectivity index (χ4v) is 3.26. The topological polar surface area (TPSA) is 97.7 Å². The molecule has 0 saturated carbocycles. The molecule has 3 aromatic rings. The minimum Gasteiger partial charge on any atom is -0.508 e. The second-order valence-electron chi connectivity index (χ2n) is 6.20. The van der Waals surface area contributed by atoms with Gasteiger partial charge in [-0.1, -0.05) is 23.7 Å².